The van der Waals surface area contributed by atoms with Crippen molar-refractivity contribution in [1.82, 2.24) is 0 Å². The third-order valence-corrected chi connectivity index (χ3v) is 4.97. The summed E-state index contributed by atoms with van der Waals surface area (Å²) in [5, 5.41) is 5.56. The molecule has 0 bridgehead atoms. The zero-order valence-corrected chi connectivity index (χ0v) is 18.2. The summed E-state index contributed by atoms with van der Waals surface area (Å²) in [6.07, 6.45) is 0. The molecule has 1 atom stereocenters. The van der Waals surface area contributed by atoms with Gasteiger partial charge in [0.05, 0.1) is 39.6 Å². The number of benzene rings is 3. The maximum absolute atomic E-state index is 12.5. The number of esters is 1. The Kier molecular flexibility index (Phi) is 7.03. The van der Waals surface area contributed by atoms with E-state index in [2.05, 4.69) is 11.9 Å². The van der Waals surface area contributed by atoms with E-state index in [1.54, 1.807) is 40.4 Å². The van der Waals surface area contributed by atoms with Crippen molar-refractivity contribution < 1.29 is 23.7 Å². The number of fused-ring (bicyclic) bond motifs is 1. The predicted octanol–water partition coefficient (Wildman–Crippen LogP) is 5.14. The lowest BCUT2D eigenvalue weighted by Crippen LogP contribution is -2.20. The lowest BCUT2D eigenvalue weighted by molar-refractivity contribution is -0.138. The number of nitrogens with one attached hydrogen (secondary N) is 1. The molecular weight excluding hydrogens is 394 g/mol. The molecule has 6 heteroatoms. The van der Waals surface area contributed by atoms with Gasteiger partial charge in [-0.1, -0.05) is 43.0 Å². The first-order valence-corrected chi connectivity index (χ1v) is 9.93. The van der Waals surface area contributed by atoms with E-state index < -0.39 is 12.0 Å². The number of hydrogen-bond donors (Lipinski definition) is 1. The summed E-state index contributed by atoms with van der Waals surface area (Å²) >= 11 is 0. The first kappa shape index (κ1) is 22.0. The van der Waals surface area contributed by atoms with Gasteiger partial charge in [0, 0.05) is 17.8 Å². The largest absolute Gasteiger partial charge is 0.493 e. The Balaban J connectivity index is 2.06. The minimum Gasteiger partial charge on any atom is -0.493 e. The highest BCUT2D eigenvalue weighted by Gasteiger charge is 2.24. The Hall–Kier alpha value is -3.67. The number of hydrogen-bond acceptors (Lipinski definition) is 6. The van der Waals surface area contributed by atoms with Crippen molar-refractivity contribution in [2.24, 2.45) is 0 Å². The molecule has 0 saturated heterocycles. The minimum atomic E-state index is -0.522. The zero-order valence-electron chi connectivity index (χ0n) is 18.2. The van der Waals surface area contributed by atoms with Crippen molar-refractivity contribution in [3.05, 3.63) is 72.3 Å². The molecule has 1 N–H and O–H groups in total. The smallest absolute Gasteiger partial charge is 0.335 e. The average molecular weight is 421 g/mol. The highest BCUT2D eigenvalue weighted by molar-refractivity contribution is 5.91. The molecule has 0 fully saturated rings. The third-order valence-electron chi connectivity index (χ3n) is 4.97. The second kappa shape index (κ2) is 9.89. The number of anilines is 1. The van der Waals surface area contributed by atoms with Crippen LogP contribution in [0.5, 0.6) is 17.2 Å². The van der Waals surface area contributed by atoms with E-state index in [4.69, 9.17) is 18.9 Å². The van der Waals surface area contributed by atoms with Crippen molar-refractivity contribution in [2.75, 3.05) is 33.3 Å². The first-order valence-electron chi connectivity index (χ1n) is 9.93. The number of ether oxygens (including phenoxy) is 4. The normalized spacial score (nSPS) is 11.5. The summed E-state index contributed by atoms with van der Waals surface area (Å²) in [6, 6.07) is 17.1. The second-order valence-corrected chi connectivity index (χ2v) is 6.84. The van der Waals surface area contributed by atoms with Crippen LogP contribution in [0.25, 0.3) is 10.8 Å². The molecule has 0 aliphatic heterocycles. The SMILES string of the molecule is C=C(C(=O)OCC)C(Nc1cc(OC)c(OC)c(OC)c1)c1ccc2ccccc2c1. The van der Waals surface area contributed by atoms with Gasteiger partial charge in [-0.3, -0.25) is 0 Å². The van der Waals surface area contributed by atoms with Gasteiger partial charge in [-0.2, -0.15) is 0 Å². The number of rotatable bonds is 9. The van der Waals surface area contributed by atoms with Gasteiger partial charge in [0.15, 0.2) is 11.5 Å². The second-order valence-electron chi connectivity index (χ2n) is 6.84. The first-order chi connectivity index (χ1) is 15.0. The molecule has 0 aromatic heterocycles. The topological polar surface area (TPSA) is 66.0 Å². The lowest BCUT2D eigenvalue weighted by Gasteiger charge is -2.23. The number of carbonyl (C=O) groups excluding carboxylic acids is 1. The fourth-order valence-corrected chi connectivity index (χ4v) is 3.43. The third kappa shape index (κ3) is 4.74. The Morgan fingerprint density at radius 1 is 0.935 bits per heavy atom. The molecular formula is C25H27NO5. The molecule has 0 heterocycles. The minimum absolute atomic E-state index is 0.270. The van der Waals surface area contributed by atoms with Crippen molar-refractivity contribution in [1.29, 1.82) is 0 Å². The molecule has 0 aliphatic carbocycles. The maximum Gasteiger partial charge on any atom is 0.335 e. The quantitative estimate of drug-likeness (QED) is 0.381. The van der Waals surface area contributed by atoms with E-state index in [9.17, 15) is 4.79 Å². The Bertz CT molecular complexity index is 1070. The van der Waals surface area contributed by atoms with E-state index in [1.165, 1.54) is 0 Å². The standard InChI is InChI=1S/C25H27NO5/c1-6-31-25(27)16(2)23(19-12-11-17-9-7-8-10-18(17)13-19)26-20-14-21(28-3)24(30-5)22(15-20)29-4/h7-15,23,26H,2,6H2,1,3-5H3. The van der Waals surface area contributed by atoms with Crippen LogP contribution in [-0.4, -0.2) is 33.9 Å². The molecule has 3 rings (SSSR count). The van der Waals surface area contributed by atoms with Crippen molar-refractivity contribution >= 4 is 22.4 Å². The van der Waals surface area contributed by atoms with Crippen LogP contribution >= 0.6 is 0 Å². The Morgan fingerprint density at radius 3 is 2.16 bits per heavy atom. The number of carbonyl (C=O) groups is 1. The predicted molar refractivity (Wildman–Crippen MR) is 122 cm³/mol. The monoisotopic (exact) mass is 421 g/mol. The Morgan fingerprint density at radius 2 is 1.58 bits per heavy atom. The highest BCUT2D eigenvalue weighted by Crippen LogP contribution is 2.41. The van der Waals surface area contributed by atoms with E-state index in [1.807, 2.05) is 42.5 Å². The maximum atomic E-state index is 12.5. The summed E-state index contributed by atoms with van der Waals surface area (Å²) in [6.45, 7) is 6.06. The molecule has 6 nitrogen and oxygen atoms in total. The summed E-state index contributed by atoms with van der Waals surface area (Å²) in [5.41, 5.74) is 1.86. The summed E-state index contributed by atoms with van der Waals surface area (Å²) < 4.78 is 21.5. The van der Waals surface area contributed by atoms with E-state index in [0.29, 0.717) is 28.5 Å². The summed E-state index contributed by atoms with van der Waals surface area (Å²) in [5.74, 6) is 1.04. The number of methoxy groups -OCH3 is 3. The van der Waals surface area contributed by atoms with E-state index in [0.717, 1.165) is 16.3 Å². The Labute approximate surface area is 182 Å². The van der Waals surface area contributed by atoms with Gasteiger partial charge in [-0.15, -0.1) is 0 Å². The molecule has 0 radical (unpaired) electrons. The molecule has 0 saturated carbocycles. The van der Waals surface area contributed by atoms with E-state index >= 15 is 0 Å². The van der Waals surface area contributed by atoms with Gasteiger partial charge in [-0.05, 0) is 29.3 Å². The van der Waals surface area contributed by atoms with Crippen molar-refractivity contribution in [3.63, 3.8) is 0 Å². The van der Waals surface area contributed by atoms with Crippen LogP contribution in [0.4, 0.5) is 5.69 Å². The van der Waals surface area contributed by atoms with E-state index in [-0.39, 0.29) is 6.61 Å². The highest BCUT2D eigenvalue weighted by atomic mass is 16.5. The molecule has 31 heavy (non-hydrogen) atoms. The van der Waals surface area contributed by atoms with Crippen LogP contribution < -0.4 is 19.5 Å². The molecule has 3 aromatic carbocycles. The molecule has 0 spiro atoms. The van der Waals surface area contributed by atoms with Crippen molar-refractivity contribution in [2.45, 2.75) is 13.0 Å². The van der Waals surface area contributed by atoms with Crippen LogP contribution in [0.1, 0.15) is 18.5 Å². The van der Waals surface area contributed by atoms with Crippen LogP contribution in [0.2, 0.25) is 0 Å². The van der Waals surface area contributed by atoms with Gasteiger partial charge >= 0.3 is 5.97 Å². The molecule has 1 unspecified atom stereocenters. The lowest BCUT2D eigenvalue weighted by atomic mass is 9.96. The van der Waals surface area contributed by atoms with Gasteiger partial charge in [0.2, 0.25) is 5.75 Å². The zero-order chi connectivity index (χ0) is 22.4. The van der Waals surface area contributed by atoms with Crippen LogP contribution in [0.3, 0.4) is 0 Å². The van der Waals surface area contributed by atoms with Crippen LogP contribution in [0.15, 0.2) is 66.7 Å². The van der Waals surface area contributed by atoms with Gasteiger partial charge in [0.25, 0.3) is 0 Å². The summed E-state index contributed by atoms with van der Waals surface area (Å²) in [4.78, 5) is 12.5. The van der Waals surface area contributed by atoms with Gasteiger partial charge < -0.3 is 24.3 Å². The van der Waals surface area contributed by atoms with Gasteiger partial charge in [-0.25, -0.2) is 4.79 Å². The molecule has 0 amide bonds. The van der Waals surface area contributed by atoms with Gasteiger partial charge in [0.1, 0.15) is 0 Å². The van der Waals surface area contributed by atoms with Crippen LogP contribution in [0, 0.1) is 0 Å². The van der Waals surface area contributed by atoms with Crippen molar-refractivity contribution in [3.8, 4) is 17.2 Å². The summed E-state index contributed by atoms with van der Waals surface area (Å²) in [7, 11) is 4.66. The molecule has 162 valence electrons. The van der Waals surface area contributed by atoms with Crippen LogP contribution in [-0.2, 0) is 9.53 Å². The molecule has 0 aliphatic rings. The fraction of sp³-hybridized carbons (Fsp3) is 0.240. The average Bonchev–Trinajstić information content (AvgIpc) is 2.81. The fourth-order valence-electron chi connectivity index (χ4n) is 3.43. The molecule has 3 aromatic rings.